The van der Waals surface area contributed by atoms with E-state index in [4.69, 9.17) is 0 Å². The number of ketones is 1. The van der Waals surface area contributed by atoms with Crippen LogP contribution in [0.15, 0.2) is 59.5 Å². The van der Waals surface area contributed by atoms with E-state index < -0.39 is 10.0 Å². The van der Waals surface area contributed by atoms with Gasteiger partial charge in [0.1, 0.15) is 0 Å². The first-order valence-corrected chi connectivity index (χ1v) is 13.1. The normalized spacial score (nSPS) is 18.7. The monoisotopic (exact) mass is 484 g/mol. The second-order valence-electron chi connectivity index (χ2n) is 8.91. The molecule has 2 aromatic carbocycles. The number of nitrogens with zero attached hydrogens (tertiary/aromatic N) is 4. The predicted octanol–water partition coefficient (Wildman–Crippen LogP) is 1.54. The van der Waals surface area contributed by atoms with Crippen LogP contribution < -0.4 is 0 Å². The number of sulfonamides is 1. The van der Waals surface area contributed by atoms with Gasteiger partial charge < -0.3 is 4.90 Å². The van der Waals surface area contributed by atoms with Crippen molar-refractivity contribution < 1.29 is 18.0 Å². The Labute approximate surface area is 201 Å². The van der Waals surface area contributed by atoms with Crippen molar-refractivity contribution in [2.24, 2.45) is 0 Å². The number of benzene rings is 2. The van der Waals surface area contributed by atoms with Gasteiger partial charge in [0, 0.05) is 64.5 Å². The zero-order valence-electron chi connectivity index (χ0n) is 19.6. The Hall–Kier alpha value is -2.59. The van der Waals surface area contributed by atoms with Gasteiger partial charge in [-0.3, -0.25) is 19.4 Å². The maximum atomic E-state index is 13.0. The molecule has 0 bridgehead atoms. The number of carbonyl (C=O) groups is 2. The summed E-state index contributed by atoms with van der Waals surface area (Å²) in [6.07, 6.45) is 0. The van der Waals surface area contributed by atoms with Gasteiger partial charge in [-0.05, 0) is 24.6 Å². The highest BCUT2D eigenvalue weighted by Gasteiger charge is 2.30. The van der Waals surface area contributed by atoms with Crippen molar-refractivity contribution in [3.8, 4) is 0 Å². The number of piperazine rings is 2. The highest BCUT2D eigenvalue weighted by atomic mass is 32.2. The minimum Gasteiger partial charge on any atom is -0.339 e. The molecule has 182 valence electrons. The first-order valence-electron chi connectivity index (χ1n) is 11.7. The summed E-state index contributed by atoms with van der Waals surface area (Å²) in [4.78, 5) is 30.9. The van der Waals surface area contributed by atoms with Crippen LogP contribution in [0.2, 0.25) is 0 Å². The molecule has 2 aliphatic rings. The Morgan fingerprint density at radius 1 is 0.794 bits per heavy atom. The second-order valence-corrected chi connectivity index (χ2v) is 10.8. The smallest absolute Gasteiger partial charge is 0.243 e. The molecule has 0 atom stereocenters. The first kappa shape index (κ1) is 24.5. The highest BCUT2D eigenvalue weighted by molar-refractivity contribution is 7.89. The Balaban J connectivity index is 1.24. The summed E-state index contributed by atoms with van der Waals surface area (Å²) < 4.78 is 27.5. The van der Waals surface area contributed by atoms with Crippen LogP contribution in [0.25, 0.3) is 0 Å². The summed E-state index contributed by atoms with van der Waals surface area (Å²) in [5, 5.41) is 0. The molecule has 0 saturated carbocycles. The van der Waals surface area contributed by atoms with Crippen molar-refractivity contribution in [3.63, 3.8) is 0 Å². The van der Waals surface area contributed by atoms with Gasteiger partial charge in [0.2, 0.25) is 15.9 Å². The summed E-state index contributed by atoms with van der Waals surface area (Å²) in [6.45, 7) is 7.43. The molecule has 34 heavy (non-hydrogen) atoms. The summed E-state index contributed by atoms with van der Waals surface area (Å²) in [5.74, 6) is -0.0638. The van der Waals surface area contributed by atoms with Crippen LogP contribution in [0.4, 0.5) is 0 Å². The minimum atomic E-state index is -3.67. The lowest BCUT2D eigenvalue weighted by Gasteiger charge is -2.37. The van der Waals surface area contributed by atoms with E-state index in [0.717, 1.165) is 19.6 Å². The van der Waals surface area contributed by atoms with E-state index in [-0.39, 0.29) is 16.6 Å². The molecule has 0 spiro atoms. The molecule has 8 nitrogen and oxygen atoms in total. The van der Waals surface area contributed by atoms with Gasteiger partial charge in [-0.1, -0.05) is 42.5 Å². The summed E-state index contributed by atoms with van der Waals surface area (Å²) >= 11 is 0. The van der Waals surface area contributed by atoms with Crippen LogP contribution >= 0.6 is 0 Å². The van der Waals surface area contributed by atoms with Crippen LogP contribution in [0.1, 0.15) is 22.8 Å². The van der Waals surface area contributed by atoms with E-state index in [2.05, 4.69) is 17.0 Å². The molecule has 0 aromatic heterocycles. The molecule has 2 heterocycles. The molecule has 0 N–H and O–H groups in total. The predicted molar refractivity (Wildman–Crippen MR) is 130 cm³/mol. The Morgan fingerprint density at radius 3 is 2.09 bits per heavy atom. The van der Waals surface area contributed by atoms with Crippen molar-refractivity contribution in [2.45, 2.75) is 18.4 Å². The zero-order chi connectivity index (χ0) is 24.1. The number of hydrogen-bond acceptors (Lipinski definition) is 6. The van der Waals surface area contributed by atoms with Gasteiger partial charge in [0.25, 0.3) is 0 Å². The molecule has 2 aromatic rings. The quantitative estimate of drug-likeness (QED) is 0.555. The molecule has 4 rings (SSSR count). The van der Waals surface area contributed by atoms with Crippen LogP contribution in [-0.2, 0) is 21.4 Å². The van der Waals surface area contributed by atoms with Gasteiger partial charge >= 0.3 is 0 Å². The Morgan fingerprint density at radius 2 is 1.44 bits per heavy atom. The van der Waals surface area contributed by atoms with Crippen LogP contribution in [0.3, 0.4) is 0 Å². The van der Waals surface area contributed by atoms with Gasteiger partial charge in [-0.25, -0.2) is 8.42 Å². The number of hydrogen-bond donors (Lipinski definition) is 0. The van der Waals surface area contributed by atoms with Crippen molar-refractivity contribution in [3.05, 3.63) is 65.7 Å². The van der Waals surface area contributed by atoms with E-state index in [0.29, 0.717) is 51.4 Å². The average molecular weight is 485 g/mol. The molecule has 9 heteroatoms. The fourth-order valence-electron chi connectivity index (χ4n) is 4.44. The summed E-state index contributed by atoms with van der Waals surface area (Å²) in [6, 6.07) is 16.5. The molecule has 0 radical (unpaired) electrons. The fraction of sp³-hybridized carbons (Fsp3) is 0.440. The lowest BCUT2D eigenvalue weighted by atomic mass is 10.2. The Kier molecular flexibility index (Phi) is 7.77. The lowest BCUT2D eigenvalue weighted by Crippen LogP contribution is -2.54. The van der Waals surface area contributed by atoms with E-state index in [1.165, 1.54) is 28.9 Å². The third-order valence-electron chi connectivity index (χ3n) is 6.54. The minimum absolute atomic E-state index is 0.102. The number of Topliss-reactive ketones (excluding diaryl/α,β-unsaturated/α-hetero) is 1. The van der Waals surface area contributed by atoms with Crippen LogP contribution in [0.5, 0.6) is 0 Å². The molecular formula is C25H32N4O4S. The summed E-state index contributed by atoms with van der Waals surface area (Å²) in [7, 11) is -3.67. The van der Waals surface area contributed by atoms with Crippen LogP contribution in [-0.4, -0.2) is 98.0 Å². The van der Waals surface area contributed by atoms with Crippen molar-refractivity contribution in [1.82, 2.24) is 19.0 Å². The molecular weight excluding hydrogens is 452 g/mol. The standard InChI is InChI=1S/C25H32N4O4S/c1-21(30)23-8-5-9-24(18-23)34(32,33)29-16-12-27(13-17-29)20-25(31)28-14-10-26(11-15-28)19-22-6-3-2-4-7-22/h2-9,18H,10-17,19-20H2,1H3. The SMILES string of the molecule is CC(=O)c1cccc(S(=O)(=O)N2CCN(CC(=O)N3CCN(Cc4ccccc4)CC3)CC2)c1. The van der Waals surface area contributed by atoms with Gasteiger partial charge in [0.05, 0.1) is 11.4 Å². The third-order valence-corrected chi connectivity index (χ3v) is 8.44. The largest absolute Gasteiger partial charge is 0.339 e. The lowest BCUT2D eigenvalue weighted by molar-refractivity contribution is -0.134. The number of carbonyl (C=O) groups excluding carboxylic acids is 2. The number of amides is 1. The van der Waals surface area contributed by atoms with E-state index in [1.807, 2.05) is 28.0 Å². The first-order chi connectivity index (χ1) is 16.3. The second kappa shape index (κ2) is 10.8. The summed E-state index contributed by atoms with van der Waals surface area (Å²) in [5.41, 5.74) is 1.66. The van der Waals surface area contributed by atoms with Crippen molar-refractivity contribution in [2.75, 3.05) is 58.9 Å². The average Bonchev–Trinajstić information content (AvgIpc) is 2.85. The topological polar surface area (TPSA) is 81.2 Å². The third kappa shape index (κ3) is 5.90. The van der Waals surface area contributed by atoms with E-state index >= 15 is 0 Å². The molecule has 0 unspecified atom stereocenters. The van der Waals surface area contributed by atoms with E-state index in [1.54, 1.807) is 12.1 Å². The number of rotatable bonds is 7. The van der Waals surface area contributed by atoms with Crippen molar-refractivity contribution in [1.29, 1.82) is 0 Å². The maximum Gasteiger partial charge on any atom is 0.243 e. The molecule has 1 amide bonds. The van der Waals surface area contributed by atoms with Gasteiger partial charge in [0.15, 0.2) is 5.78 Å². The fourth-order valence-corrected chi connectivity index (χ4v) is 5.91. The van der Waals surface area contributed by atoms with Gasteiger partial charge in [-0.2, -0.15) is 4.31 Å². The molecule has 2 saturated heterocycles. The van der Waals surface area contributed by atoms with Gasteiger partial charge in [-0.15, -0.1) is 0 Å². The van der Waals surface area contributed by atoms with E-state index in [9.17, 15) is 18.0 Å². The molecule has 2 fully saturated rings. The maximum absolute atomic E-state index is 13.0. The zero-order valence-corrected chi connectivity index (χ0v) is 20.4. The molecule has 0 aliphatic carbocycles. The van der Waals surface area contributed by atoms with Crippen LogP contribution in [0, 0.1) is 0 Å². The highest BCUT2D eigenvalue weighted by Crippen LogP contribution is 2.19. The van der Waals surface area contributed by atoms with Crippen molar-refractivity contribution >= 4 is 21.7 Å². The Bertz CT molecular complexity index is 1110. The molecule has 2 aliphatic heterocycles.